The van der Waals surface area contributed by atoms with Gasteiger partial charge in [0.15, 0.2) is 11.7 Å². The van der Waals surface area contributed by atoms with E-state index in [0.29, 0.717) is 17.5 Å². The zero-order valence-corrected chi connectivity index (χ0v) is 13.9. The fourth-order valence-corrected chi connectivity index (χ4v) is 3.16. The lowest BCUT2D eigenvalue weighted by molar-refractivity contribution is 0.0841. The third kappa shape index (κ3) is 4.30. The predicted molar refractivity (Wildman–Crippen MR) is 92.9 cm³/mol. The molecular formula is C18H21FN4O2. The molecule has 0 amide bonds. The van der Waals surface area contributed by atoms with Crippen LogP contribution in [-0.4, -0.2) is 40.3 Å². The SMILES string of the molecule is Nc1ncc(CCN2CCC(C(=O)c3ccc(F)cc3)CC2)c(=O)[nH]1. The second kappa shape index (κ2) is 7.57. The molecule has 25 heavy (non-hydrogen) atoms. The van der Waals surface area contributed by atoms with Crippen molar-refractivity contribution in [2.24, 2.45) is 5.92 Å². The molecule has 0 saturated carbocycles. The summed E-state index contributed by atoms with van der Waals surface area (Å²) in [5.74, 6) is -0.158. The highest BCUT2D eigenvalue weighted by Gasteiger charge is 2.25. The van der Waals surface area contributed by atoms with Crippen LogP contribution in [0.4, 0.5) is 10.3 Å². The van der Waals surface area contributed by atoms with Gasteiger partial charge in [-0.2, -0.15) is 0 Å². The molecule has 2 heterocycles. The molecule has 0 spiro atoms. The van der Waals surface area contributed by atoms with Crippen LogP contribution >= 0.6 is 0 Å². The molecule has 1 aliphatic rings. The fraction of sp³-hybridized carbons (Fsp3) is 0.389. The van der Waals surface area contributed by atoms with Gasteiger partial charge in [-0.3, -0.25) is 14.6 Å². The van der Waals surface area contributed by atoms with Crippen molar-refractivity contribution < 1.29 is 9.18 Å². The lowest BCUT2D eigenvalue weighted by Crippen LogP contribution is -2.38. The number of carbonyl (C=O) groups is 1. The quantitative estimate of drug-likeness (QED) is 0.804. The molecular weight excluding hydrogens is 323 g/mol. The molecule has 1 aromatic heterocycles. The normalized spacial score (nSPS) is 16.0. The molecule has 0 radical (unpaired) electrons. The predicted octanol–water partition coefficient (Wildman–Crippen LogP) is 1.63. The van der Waals surface area contributed by atoms with Gasteiger partial charge >= 0.3 is 0 Å². The number of piperidine rings is 1. The smallest absolute Gasteiger partial charge is 0.255 e. The number of nitrogens with two attached hydrogens (primary N) is 1. The minimum atomic E-state index is -0.335. The first-order chi connectivity index (χ1) is 12.0. The molecule has 6 nitrogen and oxygen atoms in total. The largest absolute Gasteiger partial charge is 0.369 e. The molecule has 3 N–H and O–H groups in total. The van der Waals surface area contributed by atoms with Gasteiger partial charge in [0.1, 0.15) is 5.82 Å². The van der Waals surface area contributed by atoms with Gasteiger partial charge in [-0.05, 0) is 56.6 Å². The summed E-state index contributed by atoms with van der Waals surface area (Å²) in [4.78, 5) is 32.9. The number of H-pyrrole nitrogens is 1. The molecule has 1 fully saturated rings. The summed E-state index contributed by atoms with van der Waals surface area (Å²) in [7, 11) is 0. The van der Waals surface area contributed by atoms with Gasteiger partial charge in [-0.1, -0.05) is 0 Å². The van der Waals surface area contributed by atoms with Crippen molar-refractivity contribution in [3.05, 3.63) is 57.8 Å². The summed E-state index contributed by atoms with van der Waals surface area (Å²) in [5, 5.41) is 0. The molecule has 7 heteroatoms. The van der Waals surface area contributed by atoms with Gasteiger partial charge in [0.2, 0.25) is 0 Å². The Labute approximate surface area is 144 Å². The Kier molecular flexibility index (Phi) is 5.23. The van der Waals surface area contributed by atoms with Gasteiger partial charge in [0.05, 0.1) is 0 Å². The number of halogens is 1. The maximum Gasteiger partial charge on any atom is 0.255 e. The first-order valence-corrected chi connectivity index (χ1v) is 8.39. The lowest BCUT2D eigenvalue weighted by Gasteiger charge is -2.31. The first-order valence-electron chi connectivity index (χ1n) is 8.39. The van der Waals surface area contributed by atoms with E-state index in [1.54, 1.807) is 12.1 Å². The van der Waals surface area contributed by atoms with E-state index in [1.807, 2.05) is 0 Å². The number of ketones is 1. The maximum atomic E-state index is 13.0. The molecule has 0 bridgehead atoms. The fourth-order valence-electron chi connectivity index (χ4n) is 3.16. The number of carbonyl (C=O) groups excluding carboxylic acids is 1. The van der Waals surface area contributed by atoms with E-state index in [2.05, 4.69) is 14.9 Å². The van der Waals surface area contributed by atoms with E-state index in [9.17, 15) is 14.0 Å². The molecule has 3 rings (SSSR count). The monoisotopic (exact) mass is 344 g/mol. The third-order valence-electron chi connectivity index (χ3n) is 4.68. The number of aromatic nitrogens is 2. The highest BCUT2D eigenvalue weighted by atomic mass is 19.1. The van der Waals surface area contributed by atoms with Crippen molar-refractivity contribution in [2.75, 3.05) is 25.4 Å². The molecule has 1 aromatic carbocycles. The van der Waals surface area contributed by atoms with Crippen LogP contribution in [0.15, 0.2) is 35.3 Å². The molecule has 0 unspecified atom stereocenters. The van der Waals surface area contributed by atoms with Gasteiger partial charge in [-0.25, -0.2) is 9.37 Å². The number of Topliss-reactive ketones (excluding diaryl/α,β-unsaturated/α-hetero) is 1. The van der Waals surface area contributed by atoms with E-state index in [0.717, 1.165) is 32.5 Å². The molecule has 0 atom stereocenters. The number of anilines is 1. The molecule has 2 aromatic rings. The average molecular weight is 344 g/mol. The first kappa shape index (κ1) is 17.3. The van der Waals surface area contributed by atoms with Crippen LogP contribution in [-0.2, 0) is 6.42 Å². The summed E-state index contributed by atoms with van der Waals surface area (Å²) in [6.45, 7) is 2.35. The second-order valence-electron chi connectivity index (χ2n) is 6.36. The van der Waals surface area contributed by atoms with Gasteiger partial charge in [0.25, 0.3) is 5.56 Å². The number of likely N-dealkylation sites (tertiary alicyclic amines) is 1. The summed E-state index contributed by atoms with van der Waals surface area (Å²) >= 11 is 0. The maximum absolute atomic E-state index is 13.0. The highest BCUT2D eigenvalue weighted by molar-refractivity contribution is 5.97. The Bertz CT molecular complexity index is 795. The summed E-state index contributed by atoms with van der Waals surface area (Å²) in [6, 6.07) is 5.73. The third-order valence-corrected chi connectivity index (χ3v) is 4.68. The van der Waals surface area contributed by atoms with Gasteiger partial charge < -0.3 is 10.6 Å². The molecule has 132 valence electrons. The zero-order chi connectivity index (χ0) is 17.8. The van der Waals surface area contributed by atoms with Crippen LogP contribution in [0.5, 0.6) is 0 Å². The van der Waals surface area contributed by atoms with Crippen molar-refractivity contribution >= 4 is 11.7 Å². The average Bonchev–Trinajstić information content (AvgIpc) is 2.61. The highest BCUT2D eigenvalue weighted by Crippen LogP contribution is 2.22. The number of hydrogen-bond donors (Lipinski definition) is 2. The van der Waals surface area contributed by atoms with Crippen LogP contribution in [0.2, 0.25) is 0 Å². The number of hydrogen-bond acceptors (Lipinski definition) is 5. The number of nitrogens with zero attached hydrogens (tertiary/aromatic N) is 2. The Balaban J connectivity index is 1.50. The number of aromatic amines is 1. The van der Waals surface area contributed by atoms with Crippen LogP contribution in [0.1, 0.15) is 28.8 Å². The van der Waals surface area contributed by atoms with Gasteiger partial charge in [-0.15, -0.1) is 0 Å². The zero-order valence-electron chi connectivity index (χ0n) is 13.9. The van der Waals surface area contributed by atoms with E-state index in [4.69, 9.17) is 5.73 Å². The summed E-state index contributed by atoms with van der Waals surface area (Å²) in [5.41, 5.74) is 6.42. The number of nitrogens with one attached hydrogen (secondary N) is 1. The van der Waals surface area contributed by atoms with Crippen molar-refractivity contribution in [3.63, 3.8) is 0 Å². The molecule has 0 aliphatic carbocycles. The van der Waals surface area contributed by atoms with E-state index in [-0.39, 0.29) is 29.0 Å². The lowest BCUT2D eigenvalue weighted by atomic mass is 9.89. The number of nitrogen functional groups attached to an aromatic ring is 1. The van der Waals surface area contributed by atoms with Crippen LogP contribution in [0, 0.1) is 11.7 Å². The number of rotatable bonds is 5. The van der Waals surface area contributed by atoms with Crippen LogP contribution in [0.25, 0.3) is 0 Å². The Morgan fingerprint density at radius 2 is 1.96 bits per heavy atom. The molecule has 1 aliphatic heterocycles. The Hall–Kier alpha value is -2.54. The van der Waals surface area contributed by atoms with E-state index >= 15 is 0 Å². The number of benzene rings is 1. The van der Waals surface area contributed by atoms with E-state index < -0.39 is 0 Å². The van der Waals surface area contributed by atoms with Gasteiger partial charge in [0, 0.05) is 29.8 Å². The van der Waals surface area contributed by atoms with Crippen LogP contribution < -0.4 is 11.3 Å². The topological polar surface area (TPSA) is 92.1 Å². The second-order valence-corrected chi connectivity index (χ2v) is 6.36. The Morgan fingerprint density at radius 3 is 2.60 bits per heavy atom. The van der Waals surface area contributed by atoms with Crippen molar-refractivity contribution in [2.45, 2.75) is 19.3 Å². The summed E-state index contributed by atoms with van der Waals surface area (Å²) < 4.78 is 13.0. The minimum absolute atomic E-state index is 0.0247. The Morgan fingerprint density at radius 1 is 1.28 bits per heavy atom. The van der Waals surface area contributed by atoms with Crippen molar-refractivity contribution in [3.8, 4) is 0 Å². The van der Waals surface area contributed by atoms with Crippen molar-refractivity contribution in [1.82, 2.24) is 14.9 Å². The van der Waals surface area contributed by atoms with Crippen molar-refractivity contribution in [1.29, 1.82) is 0 Å². The standard InChI is InChI=1S/C18H21FN4O2/c19-15-3-1-12(2-4-15)16(24)13-5-8-23(9-6-13)10-7-14-11-21-18(20)22-17(14)25/h1-4,11,13H,5-10H2,(H3,20,21,22,25). The minimum Gasteiger partial charge on any atom is -0.369 e. The summed E-state index contributed by atoms with van der Waals surface area (Å²) in [6.07, 6.45) is 3.65. The molecule has 1 saturated heterocycles. The van der Waals surface area contributed by atoms with Crippen LogP contribution in [0.3, 0.4) is 0 Å². The van der Waals surface area contributed by atoms with E-state index in [1.165, 1.54) is 18.3 Å².